The van der Waals surface area contributed by atoms with Gasteiger partial charge in [0.15, 0.2) is 5.16 Å². The van der Waals surface area contributed by atoms with E-state index in [4.69, 9.17) is 0 Å². The average molecular weight is 348 g/mol. The maximum atomic E-state index is 12.0. The predicted octanol–water partition coefficient (Wildman–Crippen LogP) is 1.80. The van der Waals surface area contributed by atoms with Crippen LogP contribution >= 0.6 is 11.8 Å². The summed E-state index contributed by atoms with van der Waals surface area (Å²) < 4.78 is 3.99. The Hall–Kier alpha value is -1.83. The van der Waals surface area contributed by atoms with E-state index in [0.717, 1.165) is 35.3 Å². The Morgan fingerprint density at radius 3 is 2.83 bits per heavy atom. The Morgan fingerprint density at radius 1 is 1.38 bits per heavy atom. The number of thioether (sulfide) groups is 1. The maximum absolute atomic E-state index is 12.0. The summed E-state index contributed by atoms with van der Waals surface area (Å²) >= 11 is 1.44. The Balaban J connectivity index is 1.36. The first-order chi connectivity index (χ1) is 11.5. The number of hydrogen-bond donors (Lipinski definition) is 1. The van der Waals surface area contributed by atoms with Crippen LogP contribution in [0.5, 0.6) is 0 Å². The number of carbonyl (C=O) groups is 1. The molecule has 1 aliphatic carbocycles. The molecular formula is C16H24N6OS. The summed E-state index contributed by atoms with van der Waals surface area (Å²) in [5.41, 5.74) is 2.19. The van der Waals surface area contributed by atoms with Crippen LogP contribution < -0.4 is 5.32 Å². The lowest BCUT2D eigenvalue weighted by atomic mass is 10.4. The minimum Gasteiger partial charge on any atom is -0.355 e. The number of nitrogens with one attached hydrogen (secondary N) is 1. The average Bonchev–Trinajstić information content (AvgIpc) is 3.24. The first-order valence-electron chi connectivity index (χ1n) is 8.34. The Bertz CT molecular complexity index is 718. The Labute approximate surface area is 146 Å². The first-order valence-corrected chi connectivity index (χ1v) is 9.33. The highest BCUT2D eigenvalue weighted by molar-refractivity contribution is 7.99. The number of aryl methyl sites for hydroxylation is 3. The van der Waals surface area contributed by atoms with Crippen LogP contribution in [-0.2, 0) is 18.4 Å². The lowest BCUT2D eigenvalue weighted by molar-refractivity contribution is -0.118. The summed E-state index contributed by atoms with van der Waals surface area (Å²) in [6, 6.07) is 2.06. The van der Waals surface area contributed by atoms with Gasteiger partial charge in [0.05, 0.1) is 11.4 Å². The van der Waals surface area contributed by atoms with Gasteiger partial charge in [-0.3, -0.25) is 9.48 Å². The van der Waals surface area contributed by atoms with E-state index in [0.29, 0.717) is 18.2 Å². The zero-order valence-corrected chi connectivity index (χ0v) is 15.3. The van der Waals surface area contributed by atoms with Gasteiger partial charge in [0.1, 0.15) is 5.82 Å². The van der Waals surface area contributed by atoms with Crippen LogP contribution in [0.15, 0.2) is 11.2 Å². The predicted molar refractivity (Wildman–Crippen MR) is 93.0 cm³/mol. The molecule has 0 bridgehead atoms. The molecule has 2 heterocycles. The van der Waals surface area contributed by atoms with E-state index in [1.165, 1.54) is 24.6 Å². The zero-order valence-electron chi connectivity index (χ0n) is 14.4. The standard InChI is InChI=1S/C16H24N6OS/c1-11-9-12(2)22(20-11)8-4-7-17-14(23)10-24-16-19-18-15(21(16)3)13-5-6-13/h9,13H,4-8,10H2,1-3H3,(H,17,23). The van der Waals surface area contributed by atoms with E-state index in [9.17, 15) is 4.79 Å². The highest BCUT2D eigenvalue weighted by Gasteiger charge is 2.29. The van der Waals surface area contributed by atoms with Crippen LogP contribution in [0.3, 0.4) is 0 Å². The van der Waals surface area contributed by atoms with Crippen molar-refractivity contribution in [3.8, 4) is 0 Å². The molecule has 8 heteroatoms. The lowest BCUT2D eigenvalue weighted by Crippen LogP contribution is -2.27. The van der Waals surface area contributed by atoms with Gasteiger partial charge in [0.25, 0.3) is 0 Å². The Morgan fingerprint density at radius 2 is 2.17 bits per heavy atom. The molecule has 0 spiro atoms. The van der Waals surface area contributed by atoms with Gasteiger partial charge < -0.3 is 9.88 Å². The molecule has 1 N–H and O–H groups in total. The van der Waals surface area contributed by atoms with Crippen molar-refractivity contribution in [2.45, 2.75) is 50.7 Å². The third kappa shape index (κ3) is 4.17. The van der Waals surface area contributed by atoms with Gasteiger partial charge in [-0.15, -0.1) is 10.2 Å². The number of carbonyl (C=O) groups excluding carboxylic acids is 1. The van der Waals surface area contributed by atoms with Gasteiger partial charge in [-0.2, -0.15) is 5.10 Å². The van der Waals surface area contributed by atoms with Crippen LogP contribution in [0.25, 0.3) is 0 Å². The molecule has 3 rings (SSSR count). The molecule has 7 nitrogen and oxygen atoms in total. The van der Waals surface area contributed by atoms with E-state index >= 15 is 0 Å². The van der Waals surface area contributed by atoms with Gasteiger partial charge >= 0.3 is 0 Å². The fraction of sp³-hybridized carbons (Fsp3) is 0.625. The van der Waals surface area contributed by atoms with Crippen LogP contribution in [-0.4, -0.2) is 42.7 Å². The Kier molecular flexibility index (Phi) is 5.23. The normalized spacial score (nSPS) is 14.1. The third-order valence-corrected chi connectivity index (χ3v) is 5.14. The second-order valence-corrected chi connectivity index (χ2v) is 7.26. The summed E-state index contributed by atoms with van der Waals surface area (Å²) in [5, 5.41) is 16.6. The van der Waals surface area contributed by atoms with Crippen molar-refractivity contribution in [2.24, 2.45) is 7.05 Å². The minimum absolute atomic E-state index is 0.0318. The van der Waals surface area contributed by atoms with Crippen molar-refractivity contribution in [3.63, 3.8) is 0 Å². The molecule has 24 heavy (non-hydrogen) atoms. The fourth-order valence-corrected chi connectivity index (χ4v) is 3.44. The summed E-state index contributed by atoms with van der Waals surface area (Å²) in [6.45, 7) is 5.51. The van der Waals surface area contributed by atoms with Gasteiger partial charge in [-0.05, 0) is 39.2 Å². The molecule has 1 saturated carbocycles. The molecule has 1 fully saturated rings. The zero-order chi connectivity index (χ0) is 17.1. The van der Waals surface area contributed by atoms with Gasteiger partial charge in [0, 0.05) is 31.7 Å². The second kappa shape index (κ2) is 7.38. The highest BCUT2D eigenvalue weighted by atomic mass is 32.2. The molecule has 0 radical (unpaired) electrons. The van der Waals surface area contributed by atoms with Crippen molar-refractivity contribution in [3.05, 3.63) is 23.3 Å². The number of rotatable bonds is 8. The number of hydrogen-bond acceptors (Lipinski definition) is 5. The van der Waals surface area contributed by atoms with E-state index < -0.39 is 0 Å². The van der Waals surface area contributed by atoms with E-state index in [1.54, 1.807) is 0 Å². The molecule has 1 amide bonds. The molecule has 1 aliphatic rings. The molecular weight excluding hydrogens is 324 g/mol. The minimum atomic E-state index is 0.0318. The van der Waals surface area contributed by atoms with Crippen molar-refractivity contribution in [1.82, 2.24) is 29.9 Å². The molecule has 0 atom stereocenters. The van der Waals surface area contributed by atoms with E-state index in [-0.39, 0.29) is 5.91 Å². The summed E-state index contributed by atoms with van der Waals surface area (Å²) in [6.07, 6.45) is 3.27. The molecule has 0 unspecified atom stereocenters. The van der Waals surface area contributed by atoms with Crippen molar-refractivity contribution in [1.29, 1.82) is 0 Å². The van der Waals surface area contributed by atoms with Gasteiger partial charge in [-0.25, -0.2) is 0 Å². The third-order valence-electron chi connectivity index (χ3n) is 4.12. The van der Waals surface area contributed by atoms with Crippen molar-refractivity contribution < 1.29 is 4.79 Å². The number of nitrogens with zero attached hydrogens (tertiary/aromatic N) is 5. The van der Waals surface area contributed by atoms with E-state index in [2.05, 4.69) is 26.7 Å². The van der Waals surface area contributed by atoms with E-state index in [1.807, 2.05) is 30.1 Å². The van der Waals surface area contributed by atoms with Crippen LogP contribution in [0, 0.1) is 13.8 Å². The summed E-state index contributed by atoms with van der Waals surface area (Å²) in [5.74, 6) is 2.02. The van der Waals surface area contributed by atoms with Crippen molar-refractivity contribution in [2.75, 3.05) is 12.3 Å². The van der Waals surface area contributed by atoms with Crippen molar-refractivity contribution >= 4 is 17.7 Å². The van der Waals surface area contributed by atoms with Gasteiger partial charge in [0.2, 0.25) is 5.91 Å². The smallest absolute Gasteiger partial charge is 0.230 e. The molecule has 2 aromatic rings. The lowest BCUT2D eigenvalue weighted by Gasteiger charge is -2.07. The molecule has 130 valence electrons. The number of aromatic nitrogens is 5. The molecule has 2 aromatic heterocycles. The van der Waals surface area contributed by atoms with Gasteiger partial charge in [-0.1, -0.05) is 11.8 Å². The highest BCUT2D eigenvalue weighted by Crippen LogP contribution is 2.39. The monoisotopic (exact) mass is 348 g/mol. The number of amides is 1. The molecule has 0 saturated heterocycles. The topological polar surface area (TPSA) is 77.6 Å². The summed E-state index contributed by atoms with van der Waals surface area (Å²) in [4.78, 5) is 12.0. The largest absolute Gasteiger partial charge is 0.355 e. The quantitative estimate of drug-likeness (QED) is 0.581. The van der Waals surface area contributed by atoms with Crippen LogP contribution in [0.4, 0.5) is 0 Å². The maximum Gasteiger partial charge on any atom is 0.230 e. The fourth-order valence-electron chi connectivity index (χ4n) is 2.69. The molecule has 0 aliphatic heterocycles. The first kappa shape index (κ1) is 17.0. The SMILES string of the molecule is Cc1cc(C)n(CCCNC(=O)CSc2nnc(C3CC3)n2C)n1. The van der Waals surface area contributed by atoms with Crippen LogP contribution in [0.1, 0.15) is 42.4 Å². The van der Waals surface area contributed by atoms with Crippen LogP contribution in [0.2, 0.25) is 0 Å². The summed E-state index contributed by atoms with van der Waals surface area (Å²) in [7, 11) is 1.97. The molecule has 0 aromatic carbocycles. The second-order valence-electron chi connectivity index (χ2n) is 6.32.